The second-order valence-corrected chi connectivity index (χ2v) is 4.94. The van der Waals surface area contributed by atoms with E-state index in [4.69, 9.17) is 0 Å². The molecule has 0 bridgehead atoms. The summed E-state index contributed by atoms with van der Waals surface area (Å²) in [5.41, 5.74) is 1.71. The molecule has 2 aromatic heterocycles. The Bertz CT molecular complexity index is 580. The predicted octanol–water partition coefficient (Wildman–Crippen LogP) is 3.28. The molecule has 0 radical (unpaired) electrons. The van der Waals surface area contributed by atoms with Gasteiger partial charge in [-0.15, -0.1) is 11.3 Å². The molecule has 0 unspecified atom stereocenters. The highest BCUT2D eigenvalue weighted by atomic mass is 32.1. The zero-order chi connectivity index (χ0) is 13.1. The van der Waals surface area contributed by atoms with E-state index in [-0.39, 0.29) is 5.69 Å². The molecule has 5 nitrogen and oxygen atoms in total. The van der Waals surface area contributed by atoms with Gasteiger partial charge < -0.3 is 5.32 Å². The molecule has 1 N–H and O–H groups in total. The van der Waals surface area contributed by atoms with E-state index >= 15 is 0 Å². The molecule has 0 saturated heterocycles. The van der Waals surface area contributed by atoms with Gasteiger partial charge >= 0.3 is 0 Å². The lowest BCUT2D eigenvalue weighted by Gasteiger charge is -2.06. The van der Waals surface area contributed by atoms with Crippen LogP contribution in [-0.4, -0.2) is 9.91 Å². The highest BCUT2D eigenvalue weighted by Crippen LogP contribution is 2.20. The number of nitrogens with zero attached hydrogens (tertiary/aromatic N) is 2. The average Bonchev–Trinajstić information content (AvgIpc) is 2.72. The van der Waals surface area contributed by atoms with Crippen molar-refractivity contribution in [3.05, 3.63) is 49.8 Å². The third-order valence-corrected chi connectivity index (χ3v) is 3.68. The molecule has 2 heterocycles. The topological polar surface area (TPSA) is 68.1 Å². The van der Waals surface area contributed by atoms with Gasteiger partial charge in [0.1, 0.15) is 11.5 Å². The summed E-state index contributed by atoms with van der Waals surface area (Å²) in [6.07, 6.45) is 0. The summed E-state index contributed by atoms with van der Waals surface area (Å²) < 4.78 is 0. The molecule has 2 aromatic rings. The lowest BCUT2D eigenvalue weighted by atomic mass is 10.3. The second-order valence-electron chi connectivity index (χ2n) is 3.94. The van der Waals surface area contributed by atoms with Crippen molar-refractivity contribution < 1.29 is 4.92 Å². The summed E-state index contributed by atoms with van der Waals surface area (Å²) in [6.45, 7) is 4.38. The van der Waals surface area contributed by atoms with Crippen LogP contribution in [-0.2, 0) is 6.54 Å². The Morgan fingerprint density at radius 1 is 1.39 bits per heavy atom. The lowest BCUT2D eigenvalue weighted by Crippen LogP contribution is -2.03. The van der Waals surface area contributed by atoms with Crippen molar-refractivity contribution in [1.82, 2.24) is 4.98 Å². The summed E-state index contributed by atoms with van der Waals surface area (Å²) in [5, 5.41) is 15.9. The molecule has 0 atom stereocenters. The Morgan fingerprint density at radius 3 is 2.72 bits per heavy atom. The van der Waals surface area contributed by atoms with Crippen LogP contribution in [0.25, 0.3) is 0 Å². The number of aromatic nitrogens is 1. The van der Waals surface area contributed by atoms with Gasteiger partial charge in [0.25, 0.3) is 5.69 Å². The minimum Gasteiger partial charge on any atom is -0.365 e. The van der Waals surface area contributed by atoms with Crippen LogP contribution < -0.4 is 5.32 Å². The number of rotatable bonds is 4. The van der Waals surface area contributed by atoms with Gasteiger partial charge in [0, 0.05) is 10.9 Å². The van der Waals surface area contributed by atoms with E-state index in [0.29, 0.717) is 18.1 Å². The van der Waals surface area contributed by atoms with Gasteiger partial charge in [-0.1, -0.05) is 0 Å². The molecule has 6 heteroatoms. The lowest BCUT2D eigenvalue weighted by molar-refractivity contribution is -0.385. The van der Waals surface area contributed by atoms with Gasteiger partial charge in [-0.2, -0.15) is 0 Å². The normalized spacial score (nSPS) is 10.3. The van der Waals surface area contributed by atoms with Crippen LogP contribution in [0.15, 0.2) is 23.6 Å². The zero-order valence-corrected chi connectivity index (χ0v) is 11.0. The van der Waals surface area contributed by atoms with E-state index in [1.807, 2.05) is 5.38 Å². The van der Waals surface area contributed by atoms with E-state index in [2.05, 4.69) is 23.3 Å². The molecule has 2 rings (SSSR count). The summed E-state index contributed by atoms with van der Waals surface area (Å²) >= 11 is 1.68. The fourth-order valence-corrected chi connectivity index (χ4v) is 2.45. The Kier molecular flexibility index (Phi) is 3.57. The maximum Gasteiger partial charge on any atom is 0.290 e. The van der Waals surface area contributed by atoms with Gasteiger partial charge in [-0.3, -0.25) is 10.1 Å². The average molecular weight is 263 g/mol. The van der Waals surface area contributed by atoms with Crippen molar-refractivity contribution in [3.63, 3.8) is 0 Å². The molecule has 0 spiro atoms. The summed E-state index contributed by atoms with van der Waals surface area (Å²) in [7, 11) is 0. The largest absolute Gasteiger partial charge is 0.365 e. The van der Waals surface area contributed by atoms with Crippen LogP contribution in [0, 0.1) is 24.0 Å². The Morgan fingerprint density at radius 2 is 2.17 bits per heavy atom. The molecule has 0 aromatic carbocycles. The number of anilines is 1. The summed E-state index contributed by atoms with van der Waals surface area (Å²) in [4.78, 5) is 15.7. The highest BCUT2D eigenvalue weighted by molar-refractivity contribution is 7.10. The molecule has 0 aliphatic rings. The molecule has 94 valence electrons. The standard InChI is InChI=1S/C12H13N3O2S/c1-8-5-6-18-11(8)7-13-12-4-3-10(15(16)17)9(2)14-12/h3-6H,7H2,1-2H3,(H,13,14). The number of hydrogen-bond acceptors (Lipinski definition) is 5. The quantitative estimate of drug-likeness (QED) is 0.679. The minimum atomic E-state index is -0.421. The Hall–Kier alpha value is -1.95. The second kappa shape index (κ2) is 5.14. The van der Waals surface area contributed by atoms with Crippen LogP contribution >= 0.6 is 11.3 Å². The first-order valence-corrected chi connectivity index (χ1v) is 6.35. The van der Waals surface area contributed by atoms with Gasteiger partial charge in [-0.05, 0) is 36.9 Å². The predicted molar refractivity (Wildman–Crippen MR) is 72.0 cm³/mol. The van der Waals surface area contributed by atoms with Gasteiger partial charge in [0.15, 0.2) is 0 Å². The molecular formula is C12H13N3O2S. The fraction of sp³-hybridized carbons (Fsp3) is 0.250. The van der Waals surface area contributed by atoms with Crippen molar-refractivity contribution in [2.24, 2.45) is 0 Å². The van der Waals surface area contributed by atoms with Crippen LogP contribution in [0.3, 0.4) is 0 Å². The maximum atomic E-state index is 10.7. The van der Waals surface area contributed by atoms with Crippen molar-refractivity contribution in [1.29, 1.82) is 0 Å². The number of aryl methyl sites for hydroxylation is 2. The first-order chi connectivity index (χ1) is 8.58. The molecule has 0 aliphatic carbocycles. The molecular weight excluding hydrogens is 250 g/mol. The third-order valence-electron chi connectivity index (χ3n) is 2.65. The van der Waals surface area contributed by atoms with E-state index in [0.717, 1.165) is 0 Å². The van der Waals surface area contributed by atoms with E-state index in [1.54, 1.807) is 24.3 Å². The minimum absolute atomic E-state index is 0.0489. The molecule has 0 amide bonds. The summed E-state index contributed by atoms with van der Waals surface area (Å²) in [5.74, 6) is 0.658. The van der Waals surface area contributed by atoms with E-state index in [1.165, 1.54) is 16.5 Å². The molecule has 18 heavy (non-hydrogen) atoms. The first-order valence-electron chi connectivity index (χ1n) is 5.47. The van der Waals surface area contributed by atoms with Crippen LogP contribution in [0.1, 0.15) is 16.1 Å². The smallest absolute Gasteiger partial charge is 0.290 e. The number of nitrogens with one attached hydrogen (secondary N) is 1. The zero-order valence-electron chi connectivity index (χ0n) is 10.1. The monoisotopic (exact) mass is 263 g/mol. The number of pyridine rings is 1. The van der Waals surface area contributed by atoms with Crippen molar-refractivity contribution in [2.45, 2.75) is 20.4 Å². The van der Waals surface area contributed by atoms with Gasteiger partial charge in [0.2, 0.25) is 0 Å². The number of nitro groups is 1. The fourth-order valence-electron chi connectivity index (χ4n) is 1.60. The highest BCUT2D eigenvalue weighted by Gasteiger charge is 2.11. The number of hydrogen-bond donors (Lipinski definition) is 1. The number of thiophene rings is 1. The van der Waals surface area contributed by atoms with E-state index in [9.17, 15) is 10.1 Å². The van der Waals surface area contributed by atoms with Crippen LogP contribution in [0.4, 0.5) is 11.5 Å². The van der Waals surface area contributed by atoms with Crippen molar-refractivity contribution >= 4 is 22.8 Å². The van der Waals surface area contributed by atoms with Crippen LogP contribution in [0.2, 0.25) is 0 Å². The molecule has 0 saturated carbocycles. The van der Waals surface area contributed by atoms with E-state index < -0.39 is 4.92 Å². The van der Waals surface area contributed by atoms with Crippen LogP contribution in [0.5, 0.6) is 0 Å². The first kappa shape index (κ1) is 12.5. The summed E-state index contributed by atoms with van der Waals surface area (Å²) in [6, 6.07) is 5.18. The molecule has 0 fully saturated rings. The van der Waals surface area contributed by atoms with Gasteiger partial charge in [-0.25, -0.2) is 4.98 Å². The van der Waals surface area contributed by atoms with Crippen molar-refractivity contribution in [3.8, 4) is 0 Å². The maximum absolute atomic E-state index is 10.7. The van der Waals surface area contributed by atoms with Crippen molar-refractivity contribution in [2.75, 3.05) is 5.32 Å². The van der Waals surface area contributed by atoms with Gasteiger partial charge in [0.05, 0.1) is 11.5 Å². The molecule has 0 aliphatic heterocycles. The SMILES string of the molecule is Cc1ccsc1CNc1ccc([N+](=O)[O-])c(C)n1. The Labute approximate surface area is 109 Å². The Balaban J connectivity index is 2.09. The third kappa shape index (κ3) is 2.65.